The second kappa shape index (κ2) is 6.50. The molecule has 1 aliphatic rings. The fraction of sp³-hybridized carbons (Fsp3) is 0.429. The van der Waals surface area contributed by atoms with E-state index in [1.54, 1.807) is 11.8 Å². The first-order valence-corrected chi connectivity index (χ1v) is 7.77. The van der Waals surface area contributed by atoms with Crippen molar-refractivity contribution < 1.29 is 14.7 Å². The summed E-state index contributed by atoms with van der Waals surface area (Å²) in [5.74, 6) is -0.250. The van der Waals surface area contributed by atoms with Crippen molar-refractivity contribution in [2.45, 2.75) is 24.2 Å². The Labute approximate surface area is 126 Å². The zero-order valence-corrected chi connectivity index (χ0v) is 12.5. The Balaban J connectivity index is 1.65. The summed E-state index contributed by atoms with van der Waals surface area (Å²) in [6.45, 7) is 0.243. The maximum atomic E-state index is 11.6. The van der Waals surface area contributed by atoms with Crippen molar-refractivity contribution in [1.29, 1.82) is 0 Å². The smallest absolute Gasteiger partial charge is 0.311 e. The molecule has 0 saturated heterocycles. The van der Waals surface area contributed by atoms with Gasteiger partial charge in [-0.3, -0.25) is 9.59 Å². The summed E-state index contributed by atoms with van der Waals surface area (Å²) in [6, 6.07) is 7.45. The van der Waals surface area contributed by atoms with Crippen LogP contribution in [0.5, 0.6) is 0 Å². The van der Waals surface area contributed by atoms with Crippen LogP contribution in [-0.4, -0.2) is 29.3 Å². The van der Waals surface area contributed by atoms with E-state index in [2.05, 4.69) is 5.32 Å². The number of rotatable bonds is 7. The average molecular weight is 314 g/mol. The van der Waals surface area contributed by atoms with Gasteiger partial charge in [0.15, 0.2) is 0 Å². The fourth-order valence-electron chi connectivity index (χ4n) is 1.77. The number of halogens is 1. The van der Waals surface area contributed by atoms with Crippen LogP contribution in [0.3, 0.4) is 0 Å². The Morgan fingerprint density at radius 1 is 1.30 bits per heavy atom. The number of aliphatic carboxylic acids is 1. The predicted molar refractivity (Wildman–Crippen MR) is 79.1 cm³/mol. The number of hydrogen-bond donors (Lipinski definition) is 2. The second-order valence-corrected chi connectivity index (χ2v) is 6.52. The average Bonchev–Trinajstić information content (AvgIpc) is 3.20. The van der Waals surface area contributed by atoms with Crippen molar-refractivity contribution in [1.82, 2.24) is 5.32 Å². The molecule has 0 spiro atoms. The highest BCUT2D eigenvalue weighted by Crippen LogP contribution is 2.45. The number of thioether (sulfide) groups is 1. The molecule has 0 bridgehead atoms. The summed E-state index contributed by atoms with van der Waals surface area (Å²) in [4.78, 5) is 23.7. The number of benzene rings is 1. The Bertz CT molecular complexity index is 500. The van der Waals surface area contributed by atoms with E-state index in [9.17, 15) is 9.59 Å². The lowest BCUT2D eigenvalue weighted by Crippen LogP contribution is -2.34. The lowest BCUT2D eigenvalue weighted by atomic mass is 10.1. The van der Waals surface area contributed by atoms with E-state index < -0.39 is 11.4 Å². The van der Waals surface area contributed by atoms with Crippen molar-refractivity contribution in [3.8, 4) is 0 Å². The third kappa shape index (κ3) is 4.15. The van der Waals surface area contributed by atoms with Crippen LogP contribution in [0.1, 0.15) is 19.3 Å². The van der Waals surface area contributed by atoms with Crippen LogP contribution in [0.25, 0.3) is 0 Å². The van der Waals surface area contributed by atoms with E-state index in [1.165, 1.54) is 0 Å². The molecule has 1 aromatic rings. The molecule has 1 fully saturated rings. The summed E-state index contributed by atoms with van der Waals surface area (Å²) in [5, 5.41) is 12.4. The molecule has 108 valence electrons. The molecular weight excluding hydrogens is 298 g/mol. The molecule has 0 radical (unpaired) electrons. The highest BCUT2D eigenvalue weighted by Gasteiger charge is 2.50. The number of carboxylic acids is 1. The minimum absolute atomic E-state index is 0.0982. The van der Waals surface area contributed by atoms with Crippen LogP contribution in [0.2, 0.25) is 5.02 Å². The predicted octanol–water partition coefficient (Wildman–Crippen LogP) is 2.80. The number of amides is 1. The molecule has 20 heavy (non-hydrogen) atoms. The van der Waals surface area contributed by atoms with E-state index in [1.807, 2.05) is 24.3 Å². The van der Waals surface area contributed by atoms with Gasteiger partial charge >= 0.3 is 5.97 Å². The van der Waals surface area contributed by atoms with Crippen LogP contribution in [0.4, 0.5) is 0 Å². The zero-order valence-electron chi connectivity index (χ0n) is 10.9. The maximum Gasteiger partial charge on any atom is 0.311 e. The summed E-state index contributed by atoms with van der Waals surface area (Å²) >= 11 is 7.37. The van der Waals surface area contributed by atoms with Crippen molar-refractivity contribution in [3.05, 3.63) is 29.3 Å². The molecule has 2 N–H and O–H groups in total. The lowest BCUT2D eigenvalue weighted by molar-refractivity contribution is -0.143. The number of carbonyl (C=O) groups is 2. The molecule has 1 aliphatic carbocycles. The molecule has 0 atom stereocenters. The number of hydrogen-bond acceptors (Lipinski definition) is 3. The van der Waals surface area contributed by atoms with Gasteiger partial charge in [-0.25, -0.2) is 0 Å². The van der Waals surface area contributed by atoms with Gasteiger partial charge in [0, 0.05) is 28.6 Å². The largest absolute Gasteiger partial charge is 0.481 e. The molecule has 1 saturated carbocycles. The normalized spacial score (nSPS) is 15.7. The van der Waals surface area contributed by atoms with Gasteiger partial charge in [-0.1, -0.05) is 11.6 Å². The van der Waals surface area contributed by atoms with Crippen molar-refractivity contribution in [2.24, 2.45) is 5.41 Å². The third-order valence-electron chi connectivity index (χ3n) is 3.34. The topological polar surface area (TPSA) is 66.4 Å². The summed E-state index contributed by atoms with van der Waals surface area (Å²) in [7, 11) is 0. The highest BCUT2D eigenvalue weighted by molar-refractivity contribution is 7.99. The minimum atomic E-state index is -0.812. The number of carboxylic acid groups (broad SMARTS) is 1. The molecule has 1 aromatic carbocycles. The van der Waals surface area contributed by atoms with Crippen LogP contribution in [0, 0.1) is 5.41 Å². The monoisotopic (exact) mass is 313 g/mol. The Kier molecular flexibility index (Phi) is 4.94. The Morgan fingerprint density at radius 3 is 2.50 bits per heavy atom. The Hall–Kier alpha value is -1.20. The molecule has 0 heterocycles. The molecule has 0 unspecified atom stereocenters. The lowest BCUT2D eigenvalue weighted by Gasteiger charge is -2.10. The van der Waals surface area contributed by atoms with Gasteiger partial charge < -0.3 is 10.4 Å². The van der Waals surface area contributed by atoms with Crippen LogP contribution < -0.4 is 5.32 Å². The molecule has 2 rings (SSSR count). The van der Waals surface area contributed by atoms with Crippen molar-refractivity contribution in [3.63, 3.8) is 0 Å². The van der Waals surface area contributed by atoms with Gasteiger partial charge in [-0.05, 0) is 37.1 Å². The number of nitrogens with one attached hydrogen (secondary N) is 1. The van der Waals surface area contributed by atoms with Gasteiger partial charge in [0.1, 0.15) is 0 Å². The Morgan fingerprint density at radius 2 is 1.95 bits per heavy atom. The highest BCUT2D eigenvalue weighted by atomic mass is 35.5. The van der Waals surface area contributed by atoms with Gasteiger partial charge in [0.05, 0.1) is 5.41 Å². The first-order chi connectivity index (χ1) is 9.52. The van der Waals surface area contributed by atoms with E-state index in [4.69, 9.17) is 16.7 Å². The van der Waals surface area contributed by atoms with E-state index in [0.717, 1.165) is 4.90 Å². The molecule has 6 heteroatoms. The minimum Gasteiger partial charge on any atom is -0.481 e. The van der Waals surface area contributed by atoms with Gasteiger partial charge in [0.2, 0.25) is 5.91 Å². The van der Waals surface area contributed by atoms with Gasteiger partial charge in [-0.15, -0.1) is 11.8 Å². The third-order valence-corrected chi connectivity index (χ3v) is 4.61. The van der Waals surface area contributed by atoms with Crippen LogP contribution in [0.15, 0.2) is 29.2 Å². The van der Waals surface area contributed by atoms with Crippen molar-refractivity contribution in [2.75, 3.05) is 12.3 Å². The first-order valence-electron chi connectivity index (χ1n) is 6.40. The van der Waals surface area contributed by atoms with Gasteiger partial charge in [0.25, 0.3) is 0 Å². The maximum absolute atomic E-state index is 11.6. The van der Waals surface area contributed by atoms with E-state index in [0.29, 0.717) is 30.0 Å². The standard InChI is InChI=1S/C14H16ClNO3S/c15-10-1-3-11(4-2-10)20-8-5-12(17)16-9-14(6-7-14)13(18)19/h1-4H,5-9H2,(H,16,17)(H,18,19). The number of carbonyl (C=O) groups excluding carboxylic acids is 1. The first kappa shape index (κ1) is 15.2. The molecular formula is C14H16ClNO3S. The summed E-state index contributed by atoms with van der Waals surface area (Å²) < 4.78 is 0. The molecule has 4 nitrogen and oxygen atoms in total. The molecule has 0 aliphatic heterocycles. The molecule has 1 amide bonds. The zero-order chi connectivity index (χ0) is 14.6. The van der Waals surface area contributed by atoms with Crippen LogP contribution >= 0.6 is 23.4 Å². The van der Waals surface area contributed by atoms with Crippen LogP contribution in [-0.2, 0) is 9.59 Å². The molecule has 0 aromatic heterocycles. The quantitative estimate of drug-likeness (QED) is 0.760. The fourth-order valence-corrected chi connectivity index (χ4v) is 2.74. The van der Waals surface area contributed by atoms with E-state index in [-0.39, 0.29) is 12.5 Å². The van der Waals surface area contributed by atoms with Crippen molar-refractivity contribution >= 4 is 35.2 Å². The summed E-state index contributed by atoms with van der Waals surface area (Å²) in [5.41, 5.74) is -0.695. The SMILES string of the molecule is O=C(CCSc1ccc(Cl)cc1)NCC1(C(=O)O)CC1. The van der Waals surface area contributed by atoms with E-state index >= 15 is 0 Å². The summed E-state index contributed by atoms with van der Waals surface area (Å²) in [6.07, 6.45) is 1.69. The van der Waals surface area contributed by atoms with Gasteiger partial charge in [-0.2, -0.15) is 0 Å². The second-order valence-electron chi connectivity index (χ2n) is 4.91.